The first-order chi connectivity index (χ1) is 17.0. The molecule has 0 saturated heterocycles. The fourth-order valence-electron chi connectivity index (χ4n) is 4.48. The summed E-state index contributed by atoms with van der Waals surface area (Å²) in [6.45, 7) is 3.74. The van der Waals surface area contributed by atoms with Crippen LogP contribution in [0, 0.1) is 6.92 Å². The van der Waals surface area contributed by atoms with Crippen LogP contribution < -0.4 is 15.0 Å². The SMILES string of the molecule is CCC(C(=O)NC1CCCC1)N(C(=O)Cn1nnc(-c2ccc(C)cc2)n1)c1ccccc1OC. The number of rotatable bonds is 9. The molecule has 1 saturated carbocycles. The van der Waals surface area contributed by atoms with E-state index in [2.05, 4.69) is 20.7 Å². The van der Waals surface area contributed by atoms with Crippen molar-refractivity contribution in [3.63, 3.8) is 0 Å². The monoisotopic (exact) mass is 476 g/mol. The van der Waals surface area contributed by atoms with E-state index < -0.39 is 6.04 Å². The molecule has 9 nitrogen and oxygen atoms in total. The lowest BCUT2D eigenvalue weighted by Crippen LogP contribution is -2.52. The third-order valence-electron chi connectivity index (χ3n) is 6.36. The van der Waals surface area contributed by atoms with Crippen molar-refractivity contribution in [3.05, 3.63) is 54.1 Å². The Kier molecular flexibility index (Phi) is 7.74. The van der Waals surface area contributed by atoms with Crippen LogP contribution in [0.3, 0.4) is 0 Å². The molecule has 0 aliphatic heterocycles. The van der Waals surface area contributed by atoms with Crippen molar-refractivity contribution >= 4 is 17.5 Å². The van der Waals surface area contributed by atoms with Gasteiger partial charge < -0.3 is 10.1 Å². The Hall–Kier alpha value is -3.75. The highest BCUT2D eigenvalue weighted by Crippen LogP contribution is 2.31. The molecule has 1 N–H and O–H groups in total. The molecule has 35 heavy (non-hydrogen) atoms. The molecule has 1 fully saturated rings. The van der Waals surface area contributed by atoms with Gasteiger partial charge in [-0.25, -0.2) is 0 Å². The van der Waals surface area contributed by atoms with Gasteiger partial charge in [0.1, 0.15) is 18.3 Å². The summed E-state index contributed by atoms with van der Waals surface area (Å²) < 4.78 is 5.53. The number of para-hydroxylation sites is 2. The molecule has 1 unspecified atom stereocenters. The molecule has 0 bridgehead atoms. The number of tetrazole rings is 1. The molecular weight excluding hydrogens is 444 g/mol. The summed E-state index contributed by atoms with van der Waals surface area (Å²) in [7, 11) is 1.55. The van der Waals surface area contributed by atoms with Crippen LogP contribution in [0.1, 0.15) is 44.6 Å². The van der Waals surface area contributed by atoms with Gasteiger partial charge in [0.05, 0.1) is 12.8 Å². The highest BCUT2D eigenvalue weighted by atomic mass is 16.5. The number of aryl methyl sites for hydroxylation is 1. The average molecular weight is 477 g/mol. The van der Waals surface area contributed by atoms with E-state index in [0.717, 1.165) is 36.8 Å². The highest BCUT2D eigenvalue weighted by Gasteiger charge is 2.33. The highest BCUT2D eigenvalue weighted by molar-refractivity contribution is 6.01. The maximum atomic E-state index is 13.7. The maximum Gasteiger partial charge on any atom is 0.251 e. The fraction of sp³-hybridized carbons (Fsp3) is 0.423. The van der Waals surface area contributed by atoms with Gasteiger partial charge in [-0.3, -0.25) is 14.5 Å². The van der Waals surface area contributed by atoms with E-state index in [1.54, 1.807) is 19.2 Å². The molecule has 3 aromatic rings. The fourth-order valence-corrected chi connectivity index (χ4v) is 4.48. The number of carbonyl (C=O) groups excluding carboxylic acids is 2. The van der Waals surface area contributed by atoms with Crippen LogP contribution in [0.4, 0.5) is 5.69 Å². The lowest BCUT2D eigenvalue weighted by atomic mass is 10.1. The van der Waals surface area contributed by atoms with Crippen LogP contribution in [-0.2, 0) is 16.1 Å². The summed E-state index contributed by atoms with van der Waals surface area (Å²) in [4.78, 5) is 29.8. The second-order valence-corrected chi connectivity index (χ2v) is 8.86. The number of nitrogens with zero attached hydrogens (tertiary/aromatic N) is 5. The smallest absolute Gasteiger partial charge is 0.251 e. The number of carbonyl (C=O) groups is 2. The van der Waals surface area contributed by atoms with Crippen LogP contribution in [0.5, 0.6) is 5.75 Å². The van der Waals surface area contributed by atoms with E-state index in [9.17, 15) is 9.59 Å². The van der Waals surface area contributed by atoms with Crippen LogP contribution in [0.15, 0.2) is 48.5 Å². The quantitative estimate of drug-likeness (QED) is 0.507. The average Bonchev–Trinajstić information content (AvgIpc) is 3.55. The minimum absolute atomic E-state index is 0.153. The van der Waals surface area contributed by atoms with E-state index in [1.165, 1.54) is 9.70 Å². The lowest BCUT2D eigenvalue weighted by molar-refractivity contribution is -0.127. The third kappa shape index (κ3) is 5.67. The minimum atomic E-state index is -0.695. The largest absolute Gasteiger partial charge is 0.495 e. The Labute approximate surface area is 205 Å². The molecule has 4 rings (SSSR count). The Morgan fingerprint density at radius 2 is 1.86 bits per heavy atom. The number of hydrogen-bond donors (Lipinski definition) is 1. The molecular formula is C26H32N6O3. The predicted octanol–water partition coefficient (Wildman–Crippen LogP) is 3.53. The van der Waals surface area contributed by atoms with E-state index in [4.69, 9.17) is 4.74 Å². The van der Waals surface area contributed by atoms with Gasteiger partial charge in [-0.1, -0.05) is 61.7 Å². The third-order valence-corrected chi connectivity index (χ3v) is 6.36. The molecule has 9 heteroatoms. The van der Waals surface area contributed by atoms with Gasteiger partial charge in [-0.2, -0.15) is 4.80 Å². The van der Waals surface area contributed by atoms with E-state index in [-0.39, 0.29) is 24.4 Å². The number of methoxy groups -OCH3 is 1. The number of nitrogens with one attached hydrogen (secondary N) is 1. The zero-order chi connectivity index (χ0) is 24.8. The van der Waals surface area contributed by atoms with Gasteiger partial charge >= 0.3 is 0 Å². The van der Waals surface area contributed by atoms with E-state index >= 15 is 0 Å². The molecule has 1 heterocycles. The molecule has 1 atom stereocenters. The Bertz CT molecular complexity index is 1150. The van der Waals surface area contributed by atoms with Crippen LogP contribution in [-0.4, -0.2) is 51.2 Å². The molecule has 1 aliphatic rings. The zero-order valence-electron chi connectivity index (χ0n) is 20.5. The Balaban J connectivity index is 1.60. The van der Waals surface area contributed by atoms with Gasteiger partial charge in [-0.05, 0) is 43.5 Å². The molecule has 2 aromatic carbocycles. The first-order valence-electron chi connectivity index (χ1n) is 12.1. The molecule has 0 spiro atoms. The van der Waals surface area contributed by atoms with Gasteiger partial charge in [0.2, 0.25) is 11.7 Å². The van der Waals surface area contributed by atoms with Crippen molar-refractivity contribution < 1.29 is 14.3 Å². The van der Waals surface area contributed by atoms with Gasteiger partial charge in [0.25, 0.3) is 5.91 Å². The molecule has 1 aromatic heterocycles. The van der Waals surface area contributed by atoms with Crippen LogP contribution >= 0.6 is 0 Å². The Morgan fingerprint density at radius 3 is 2.54 bits per heavy atom. The maximum absolute atomic E-state index is 13.7. The lowest BCUT2D eigenvalue weighted by Gasteiger charge is -2.32. The zero-order valence-corrected chi connectivity index (χ0v) is 20.5. The van der Waals surface area contributed by atoms with Crippen molar-refractivity contribution in [2.24, 2.45) is 0 Å². The minimum Gasteiger partial charge on any atom is -0.495 e. The van der Waals surface area contributed by atoms with Gasteiger partial charge in [0.15, 0.2) is 0 Å². The number of aromatic nitrogens is 4. The van der Waals surface area contributed by atoms with Crippen molar-refractivity contribution in [2.75, 3.05) is 12.0 Å². The number of anilines is 1. The molecule has 184 valence electrons. The number of ether oxygens (including phenoxy) is 1. The van der Waals surface area contributed by atoms with Crippen molar-refractivity contribution in [3.8, 4) is 17.1 Å². The topological polar surface area (TPSA) is 102 Å². The van der Waals surface area contributed by atoms with Crippen LogP contribution in [0.2, 0.25) is 0 Å². The molecule has 2 amide bonds. The Morgan fingerprint density at radius 1 is 1.14 bits per heavy atom. The summed E-state index contributed by atoms with van der Waals surface area (Å²) in [6, 6.07) is 14.5. The molecule has 1 aliphatic carbocycles. The van der Waals surface area contributed by atoms with Crippen molar-refractivity contribution in [1.29, 1.82) is 0 Å². The van der Waals surface area contributed by atoms with E-state index in [0.29, 0.717) is 23.7 Å². The first-order valence-corrected chi connectivity index (χ1v) is 12.1. The van der Waals surface area contributed by atoms with Crippen LogP contribution in [0.25, 0.3) is 11.4 Å². The van der Waals surface area contributed by atoms with Gasteiger partial charge in [0, 0.05) is 11.6 Å². The second-order valence-electron chi connectivity index (χ2n) is 8.86. The predicted molar refractivity (Wildman–Crippen MR) is 133 cm³/mol. The first kappa shape index (κ1) is 24.4. The summed E-state index contributed by atoms with van der Waals surface area (Å²) >= 11 is 0. The van der Waals surface area contributed by atoms with E-state index in [1.807, 2.05) is 50.2 Å². The standard InChI is InChI=1S/C26H32N6O3/c1-4-21(26(34)27-20-9-5-6-10-20)32(22-11-7-8-12-23(22)35-3)24(33)17-31-29-25(28-30-31)19-15-13-18(2)14-16-19/h7-8,11-16,20-21H,4-6,9-10,17H2,1-3H3,(H,27,34). The van der Waals surface area contributed by atoms with Gasteiger partial charge in [-0.15, -0.1) is 10.2 Å². The van der Waals surface area contributed by atoms with Crippen molar-refractivity contribution in [2.45, 2.75) is 64.6 Å². The van der Waals surface area contributed by atoms with Crippen molar-refractivity contribution in [1.82, 2.24) is 25.5 Å². The molecule has 0 radical (unpaired) electrons. The normalized spacial score (nSPS) is 14.5. The number of amides is 2. The summed E-state index contributed by atoms with van der Waals surface area (Å²) in [5.74, 6) is 0.467. The number of benzene rings is 2. The second kappa shape index (κ2) is 11.1. The summed E-state index contributed by atoms with van der Waals surface area (Å²) in [6.07, 6.45) is 4.60. The number of hydrogen-bond acceptors (Lipinski definition) is 6. The summed E-state index contributed by atoms with van der Waals surface area (Å²) in [5.41, 5.74) is 2.48. The summed E-state index contributed by atoms with van der Waals surface area (Å²) in [5, 5.41) is 15.7.